The molecule has 17 nitrogen and oxygen atoms in total. The summed E-state index contributed by atoms with van der Waals surface area (Å²) in [5.74, 6) is -2.09. The van der Waals surface area contributed by atoms with Crippen molar-refractivity contribution in [2.45, 2.75) is 87.6 Å². The Kier molecular flexibility index (Phi) is 14.7. The number of nitrogens with one attached hydrogen (secondary N) is 4. The number of hydrogen-bond donors (Lipinski definition) is 4. The van der Waals surface area contributed by atoms with Crippen LogP contribution >= 0.6 is 0 Å². The molecular weight excluding hydrogens is 854 g/mol. The maximum atomic E-state index is 14.2. The van der Waals surface area contributed by atoms with Gasteiger partial charge >= 0.3 is 12.2 Å². The average molecular weight is 912 g/mol. The lowest BCUT2D eigenvalue weighted by Gasteiger charge is -2.33. The summed E-state index contributed by atoms with van der Waals surface area (Å²) in [6, 6.07) is 18.3. The fourth-order valence-corrected chi connectivity index (χ4v) is 10.2. The molecular formula is C48H58FN7O10. The molecule has 5 aliphatic rings. The van der Waals surface area contributed by atoms with E-state index in [2.05, 4.69) is 26.2 Å². The molecule has 6 amide bonds. The fraction of sp³-hybridized carbons (Fsp3) is 0.500. The molecule has 4 N–H and O–H groups in total. The number of likely N-dealkylation sites (tertiary alicyclic amines) is 2. The van der Waals surface area contributed by atoms with Crippen LogP contribution < -0.4 is 26.2 Å². The van der Waals surface area contributed by atoms with Gasteiger partial charge in [0.15, 0.2) is 0 Å². The topological polar surface area (TPSA) is 197 Å². The molecule has 352 valence electrons. The minimum absolute atomic E-state index is 0.0921. The second kappa shape index (κ2) is 20.9. The number of methoxy groups -OCH3 is 2. The third kappa shape index (κ3) is 10.2. The lowest BCUT2D eigenvalue weighted by Crippen LogP contribution is -2.55. The SMILES string of the molecule is COC(=O)NC(C(=O)N1CCC[C@H]1C(=O)Nc1ccc([C@H]2CC[C@H](c3ccc(NC(=O)[C@@H]4CCCN4C(=O)C(NC(=O)OC)[C@H]4CCOC4)cc3)N2c2ccc(F)cc2)cc1)[C@H]1CCOC1. The van der Waals surface area contributed by atoms with Crippen molar-refractivity contribution < 1.29 is 52.1 Å². The van der Waals surface area contributed by atoms with Gasteiger partial charge in [0, 0.05) is 55.2 Å². The smallest absolute Gasteiger partial charge is 0.407 e. The first-order valence-corrected chi connectivity index (χ1v) is 22.8. The van der Waals surface area contributed by atoms with Crippen molar-refractivity contribution in [3.8, 4) is 0 Å². The van der Waals surface area contributed by atoms with Gasteiger partial charge in [0.05, 0.1) is 39.5 Å². The normalized spacial score (nSPS) is 24.7. The minimum Gasteiger partial charge on any atom is -0.453 e. The van der Waals surface area contributed by atoms with Crippen molar-refractivity contribution in [1.82, 2.24) is 20.4 Å². The molecule has 0 spiro atoms. The summed E-state index contributed by atoms with van der Waals surface area (Å²) in [7, 11) is 2.48. The van der Waals surface area contributed by atoms with Crippen LogP contribution in [0, 0.1) is 17.7 Å². The highest BCUT2D eigenvalue weighted by Gasteiger charge is 2.44. The standard InChI is InChI=1S/C48H58FN7O10/c1-63-47(61)52-41(31-21-25-65-27-31)45(59)54-23-3-5-39(54)43(57)50-34-13-7-29(8-14-34)37-19-20-38(56(37)36-17-11-33(49)12-18-36)30-9-15-35(16-10-30)51-44(58)40-6-4-24-55(40)46(60)42(53-48(62)64-2)32-22-26-66-28-32/h7-18,31-32,37-42H,3-6,19-28H2,1-2H3,(H,50,57)(H,51,58)(H,52,61)(H,53,62)/t31-,32-,37+,38+,39-,40-,41?,42?/m0/s1. The van der Waals surface area contributed by atoms with Gasteiger partial charge in [-0.3, -0.25) is 19.2 Å². The maximum absolute atomic E-state index is 14.2. The second-order valence-electron chi connectivity index (χ2n) is 17.6. The molecule has 5 fully saturated rings. The van der Waals surface area contributed by atoms with Gasteiger partial charge in [0.25, 0.3) is 0 Å². The number of benzene rings is 3. The molecule has 3 aromatic carbocycles. The van der Waals surface area contributed by atoms with Crippen molar-refractivity contribution >= 4 is 52.9 Å². The summed E-state index contributed by atoms with van der Waals surface area (Å²) < 4.78 is 34.8. The van der Waals surface area contributed by atoms with Gasteiger partial charge in [-0.2, -0.15) is 0 Å². The zero-order valence-corrected chi connectivity index (χ0v) is 37.2. The van der Waals surface area contributed by atoms with Gasteiger partial charge in [-0.15, -0.1) is 0 Å². The second-order valence-corrected chi connectivity index (χ2v) is 17.6. The van der Waals surface area contributed by atoms with Crippen LogP contribution in [0.4, 0.5) is 31.0 Å². The number of hydrogen-bond acceptors (Lipinski definition) is 11. The quantitative estimate of drug-likeness (QED) is 0.174. The van der Waals surface area contributed by atoms with Crippen LogP contribution in [0.15, 0.2) is 72.8 Å². The Bertz CT molecular complexity index is 2090. The number of ether oxygens (including phenoxy) is 4. The van der Waals surface area contributed by atoms with Gasteiger partial charge < -0.3 is 54.9 Å². The van der Waals surface area contributed by atoms with E-state index in [4.69, 9.17) is 18.9 Å². The van der Waals surface area contributed by atoms with Crippen LogP contribution in [0.3, 0.4) is 0 Å². The van der Waals surface area contributed by atoms with Crippen LogP contribution in [0.2, 0.25) is 0 Å². The highest BCUT2D eigenvalue weighted by molar-refractivity contribution is 5.99. The predicted molar refractivity (Wildman–Crippen MR) is 240 cm³/mol. The number of anilines is 3. The minimum atomic E-state index is -0.867. The molecule has 3 aromatic rings. The molecule has 8 atom stereocenters. The monoisotopic (exact) mass is 911 g/mol. The molecule has 0 saturated carbocycles. The molecule has 5 heterocycles. The molecule has 0 radical (unpaired) electrons. The molecule has 0 aliphatic carbocycles. The Labute approximate surface area is 383 Å². The van der Waals surface area contributed by atoms with Crippen molar-refractivity contribution in [3.05, 3.63) is 89.7 Å². The largest absolute Gasteiger partial charge is 0.453 e. The number of rotatable bonds is 13. The van der Waals surface area contributed by atoms with E-state index in [1.807, 2.05) is 48.5 Å². The number of carbonyl (C=O) groups excluding carboxylic acids is 6. The summed E-state index contributed by atoms with van der Waals surface area (Å²) >= 11 is 0. The molecule has 0 bridgehead atoms. The van der Waals surface area contributed by atoms with Crippen LogP contribution in [0.1, 0.15) is 74.6 Å². The van der Waals surface area contributed by atoms with E-state index < -0.39 is 36.4 Å². The Morgan fingerprint density at radius 1 is 0.591 bits per heavy atom. The van der Waals surface area contributed by atoms with E-state index >= 15 is 0 Å². The van der Waals surface area contributed by atoms with E-state index in [1.165, 1.54) is 26.4 Å². The van der Waals surface area contributed by atoms with Crippen LogP contribution in [-0.4, -0.2) is 124 Å². The van der Waals surface area contributed by atoms with Gasteiger partial charge in [-0.1, -0.05) is 24.3 Å². The molecule has 2 unspecified atom stereocenters. The zero-order chi connectivity index (χ0) is 46.3. The number of alkyl carbamates (subject to hydrolysis) is 2. The lowest BCUT2D eigenvalue weighted by molar-refractivity contribution is -0.139. The first-order valence-electron chi connectivity index (χ1n) is 22.8. The Hall–Kier alpha value is -6.27. The van der Waals surface area contributed by atoms with Crippen molar-refractivity contribution in [2.24, 2.45) is 11.8 Å². The van der Waals surface area contributed by atoms with Gasteiger partial charge in [-0.25, -0.2) is 14.0 Å². The highest BCUT2D eigenvalue weighted by atomic mass is 19.1. The summed E-state index contributed by atoms with van der Waals surface area (Å²) in [6.07, 6.45) is 3.60. The number of nitrogens with zero attached hydrogens (tertiary/aromatic N) is 3. The molecule has 18 heteroatoms. The van der Waals surface area contributed by atoms with E-state index in [1.54, 1.807) is 21.9 Å². The van der Waals surface area contributed by atoms with Crippen molar-refractivity contribution in [1.29, 1.82) is 0 Å². The first kappa shape index (κ1) is 46.3. The van der Waals surface area contributed by atoms with Crippen LogP contribution in [0.5, 0.6) is 0 Å². The molecule has 0 aromatic heterocycles. The Morgan fingerprint density at radius 3 is 1.39 bits per heavy atom. The maximum Gasteiger partial charge on any atom is 0.407 e. The Balaban J connectivity index is 0.929. The van der Waals surface area contributed by atoms with Gasteiger partial charge in [0.1, 0.15) is 30.0 Å². The third-order valence-electron chi connectivity index (χ3n) is 13.6. The Morgan fingerprint density at radius 2 is 1.02 bits per heavy atom. The van der Waals surface area contributed by atoms with Crippen molar-refractivity contribution in [3.63, 3.8) is 0 Å². The van der Waals surface area contributed by atoms with E-state index in [9.17, 15) is 33.2 Å². The van der Waals surface area contributed by atoms with E-state index in [0.717, 1.165) is 29.7 Å². The van der Waals surface area contributed by atoms with E-state index in [0.29, 0.717) is 89.4 Å². The molecule has 5 saturated heterocycles. The predicted octanol–water partition coefficient (Wildman–Crippen LogP) is 5.29. The summed E-state index contributed by atoms with van der Waals surface area (Å²) in [5.41, 5.74) is 3.98. The highest BCUT2D eigenvalue weighted by Crippen LogP contribution is 2.47. The summed E-state index contributed by atoms with van der Waals surface area (Å²) in [6.45, 7) is 2.41. The first-order chi connectivity index (χ1) is 32.0. The summed E-state index contributed by atoms with van der Waals surface area (Å²) in [4.78, 5) is 84.8. The molecule has 5 aliphatic heterocycles. The molecule has 8 rings (SSSR count). The third-order valence-corrected chi connectivity index (χ3v) is 13.6. The number of carbonyl (C=O) groups is 6. The number of amides is 6. The van der Waals surface area contributed by atoms with Crippen LogP contribution in [0.25, 0.3) is 0 Å². The lowest BCUT2D eigenvalue weighted by atomic mass is 9.97. The van der Waals surface area contributed by atoms with Gasteiger partial charge in [-0.05, 0) is 111 Å². The fourth-order valence-electron chi connectivity index (χ4n) is 10.2. The van der Waals surface area contributed by atoms with Crippen LogP contribution in [-0.2, 0) is 38.1 Å². The number of halogens is 1. The van der Waals surface area contributed by atoms with Crippen molar-refractivity contribution in [2.75, 3.05) is 69.3 Å². The van der Waals surface area contributed by atoms with Gasteiger partial charge in [0.2, 0.25) is 23.6 Å². The van der Waals surface area contributed by atoms with E-state index in [-0.39, 0.29) is 53.4 Å². The summed E-state index contributed by atoms with van der Waals surface area (Å²) in [5, 5.41) is 11.3. The zero-order valence-electron chi connectivity index (χ0n) is 37.2. The average Bonchev–Trinajstić information content (AvgIpc) is 4.20. The molecule has 66 heavy (non-hydrogen) atoms.